The first-order valence-corrected chi connectivity index (χ1v) is 9.83. The van der Waals surface area contributed by atoms with E-state index in [1.165, 1.54) is 13.0 Å². The van der Waals surface area contributed by atoms with Crippen LogP contribution in [0.25, 0.3) is 0 Å². The molecule has 0 saturated carbocycles. The first-order valence-electron chi connectivity index (χ1n) is 9.83. The molecule has 1 aliphatic rings. The van der Waals surface area contributed by atoms with Crippen LogP contribution in [0.5, 0.6) is 0 Å². The number of imide groups is 1. The Labute approximate surface area is 182 Å². The summed E-state index contributed by atoms with van der Waals surface area (Å²) < 4.78 is 27.8. The summed E-state index contributed by atoms with van der Waals surface area (Å²) in [7, 11) is 0. The molecular weight excluding hydrogens is 422 g/mol. The van der Waals surface area contributed by atoms with Crippen molar-refractivity contribution in [3.63, 3.8) is 0 Å². The average molecular weight is 444 g/mol. The number of hydrogen-bond donors (Lipinski definition) is 4. The van der Waals surface area contributed by atoms with E-state index in [-0.39, 0.29) is 0 Å². The SMILES string of the molecule is CC(C)C(NC(=O)c1c(F)cccc1F)C(=O)Nc1cccc(C2(C)NC(=O)NC2=O)c1. The normalized spacial score (nSPS) is 18.7. The number of hydrogen-bond acceptors (Lipinski definition) is 4. The molecule has 8 nitrogen and oxygen atoms in total. The third-order valence-corrected chi connectivity index (χ3v) is 5.18. The minimum absolute atomic E-state index is 0.305. The standard InChI is InChI=1S/C22H22F2N4O4/c1-11(2)17(26-18(29)16-14(23)8-5-9-15(16)24)19(30)25-13-7-4-6-12(10-13)22(3)20(31)27-21(32)28-22/h4-11,17H,1-3H3,(H,25,30)(H,26,29)(H2,27,28,31,32). The van der Waals surface area contributed by atoms with Gasteiger partial charge in [-0.1, -0.05) is 32.0 Å². The van der Waals surface area contributed by atoms with E-state index < -0.39 is 58.4 Å². The van der Waals surface area contributed by atoms with Crippen molar-refractivity contribution in [2.75, 3.05) is 5.32 Å². The number of anilines is 1. The summed E-state index contributed by atoms with van der Waals surface area (Å²) in [5.74, 6) is -4.69. The van der Waals surface area contributed by atoms with Gasteiger partial charge >= 0.3 is 6.03 Å². The number of carbonyl (C=O) groups is 4. The Balaban J connectivity index is 1.79. The summed E-state index contributed by atoms with van der Waals surface area (Å²) in [6, 6.07) is 7.58. The van der Waals surface area contributed by atoms with Crippen LogP contribution in [0.3, 0.4) is 0 Å². The van der Waals surface area contributed by atoms with Crippen LogP contribution in [0, 0.1) is 17.6 Å². The van der Waals surface area contributed by atoms with Gasteiger partial charge in [-0.25, -0.2) is 13.6 Å². The van der Waals surface area contributed by atoms with Gasteiger partial charge in [0.2, 0.25) is 5.91 Å². The highest BCUT2D eigenvalue weighted by molar-refractivity contribution is 6.07. The summed E-state index contributed by atoms with van der Waals surface area (Å²) in [5.41, 5.74) is -1.35. The lowest BCUT2D eigenvalue weighted by Crippen LogP contribution is -2.47. The highest BCUT2D eigenvalue weighted by Crippen LogP contribution is 2.26. The van der Waals surface area contributed by atoms with Crippen molar-refractivity contribution in [2.45, 2.75) is 32.4 Å². The molecule has 4 N–H and O–H groups in total. The van der Waals surface area contributed by atoms with Crippen LogP contribution < -0.4 is 21.3 Å². The van der Waals surface area contributed by atoms with Gasteiger partial charge in [0, 0.05) is 5.69 Å². The zero-order valence-electron chi connectivity index (χ0n) is 17.6. The lowest BCUT2D eigenvalue weighted by Gasteiger charge is -2.24. The van der Waals surface area contributed by atoms with E-state index >= 15 is 0 Å². The van der Waals surface area contributed by atoms with E-state index in [4.69, 9.17) is 0 Å². The van der Waals surface area contributed by atoms with Gasteiger partial charge in [0.15, 0.2) is 0 Å². The number of rotatable bonds is 6. The van der Waals surface area contributed by atoms with E-state index in [1.54, 1.807) is 32.0 Å². The summed E-state index contributed by atoms with van der Waals surface area (Å²) in [4.78, 5) is 49.0. The number of carbonyl (C=O) groups excluding carboxylic acids is 4. The van der Waals surface area contributed by atoms with E-state index in [0.717, 1.165) is 18.2 Å². The van der Waals surface area contributed by atoms with Gasteiger partial charge in [0.1, 0.15) is 28.8 Å². The van der Waals surface area contributed by atoms with Gasteiger partial charge < -0.3 is 16.0 Å². The first kappa shape index (κ1) is 22.9. The van der Waals surface area contributed by atoms with Crippen LogP contribution in [0.1, 0.15) is 36.7 Å². The molecule has 3 rings (SSSR count). The second-order valence-corrected chi connectivity index (χ2v) is 7.90. The molecule has 2 aromatic carbocycles. The Kier molecular flexibility index (Phi) is 6.24. The van der Waals surface area contributed by atoms with Crippen molar-refractivity contribution in [3.05, 3.63) is 65.2 Å². The van der Waals surface area contributed by atoms with Crippen LogP contribution in [-0.4, -0.2) is 29.8 Å². The zero-order valence-corrected chi connectivity index (χ0v) is 17.6. The maximum absolute atomic E-state index is 13.9. The molecule has 10 heteroatoms. The molecule has 0 radical (unpaired) electrons. The molecule has 0 aromatic heterocycles. The molecule has 1 heterocycles. The summed E-state index contributed by atoms with van der Waals surface area (Å²) in [6.07, 6.45) is 0. The molecule has 168 valence electrons. The van der Waals surface area contributed by atoms with Crippen molar-refractivity contribution < 1.29 is 28.0 Å². The van der Waals surface area contributed by atoms with Crippen LogP contribution in [0.4, 0.5) is 19.3 Å². The quantitative estimate of drug-likeness (QED) is 0.512. The Morgan fingerprint density at radius 3 is 2.22 bits per heavy atom. The van der Waals surface area contributed by atoms with Crippen molar-refractivity contribution in [2.24, 2.45) is 5.92 Å². The van der Waals surface area contributed by atoms with Gasteiger partial charge in [-0.15, -0.1) is 0 Å². The third kappa shape index (κ3) is 4.43. The zero-order chi connectivity index (χ0) is 23.6. The molecule has 1 fully saturated rings. The summed E-state index contributed by atoms with van der Waals surface area (Å²) >= 11 is 0. The fourth-order valence-electron chi connectivity index (χ4n) is 3.34. The Morgan fingerprint density at radius 2 is 1.66 bits per heavy atom. The number of halogens is 2. The molecule has 0 aliphatic carbocycles. The lowest BCUT2D eigenvalue weighted by atomic mass is 9.92. The minimum Gasteiger partial charge on any atom is -0.340 e. The predicted octanol–water partition coefficient (Wildman–Crippen LogP) is 2.41. The maximum Gasteiger partial charge on any atom is 0.322 e. The fraction of sp³-hybridized carbons (Fsp3) is 0.273. The summed E-state index contributed by atoms with van der Waals surface area (Å²) in [5, 5.41) is 9.70. The highest BCUT2D eigenvalue weighted by atomic mass is 19.1. The van der Waals surface area contributed by atoms with Crippen molar-refractivity contribution in [1.29, 1.82) is 0 Å². The predicted molar refractivity (Wildman–Crippen MR) is 112 cm³/mol. The first-order chi connectivity index (χ1) is 15.0. The maximum atomic E-state index is 13.9. The topological polar surface area (TPSA) is 116 Å². The van der Waals surface area contributed by atoms with Crippen LogP contribution in [-0.2, 0) is 15.1 Å². The van der Waals surface area contributed by atoms with Gasteiger partial charge in [-0.05, 0) is 42.7 Å². The lowest BCUT2D eigenvalue weighted by molar-refractivity contribution is -0.123. The Hall–Kier alpha value is -3.82. The largest absolute Gasteiger partial charge is 0.340 e. The molecule has 2 aromatic rings. The molecular formula is C22H22F2N4O4. The van der Waals surface area contributed by atoms with Crippen molar-refractivity contribution in [3.8, 4) is 0 Å². The van der Waals surface area contributed by atoms with Gasteiger partial charge in [0.05, 0.1) is 0 Å². The fourth-order valence-corrected chi connectivity index (χ4v) is 3.34. The Bertz CT molecular complexity index is 1080. The van der Waals surface area contributed by atoms with E-state index in [9.17, 15) is 28.0 Å². The van der Waals surface area contributed by atoms with Gasteiger partial charge in [0.25, 0.3) is 11.8 Å². The molecule has 2 unspecified atom stereocenters. The number of amides is 5. The monoisotopic (exact) mass is 444 g/mol. The van der Waals surface area contributed by atoms with E-state index in [0.29, 0.717) is 11.3 Å². The molecule has 5 amide bonds. The second-order valence-electron chi connectivity index (χ2n) is 7.90. The highest BCUT2D eigenvalue weighted by Gasteiger charge is 2.43. The third-order valence-electron chi connectivity index (χ3n) is 5.18. The molecule has 1 aliphatic heterocycles. The van der Waals surface area contributed by atoms with Crippen molar-refractivity contribution in [1.82, 2.24) is 16.0 Å². The molecule has 1 saturated heterocycles. The van der Waals surface area contributed by atoms with Crippen LogP contribution in [0.2, 0.25) is 0 Å². The molecule has 2 atom stereocenters. The second kappa shape index (κ2) is 8.74. The van der Waals surface area contributed by atoms with Crippen molar-refractivity contribution >= 4 is 29.4 Å². The van der Waals surface area contributed by atoms with E-state index in [1.807, 2.05) is 0 Å². The summed E-state index contributed by atoms with van der Waals surface area (Å²) in [6.45, 7) is 4.85. The number of urea groups is 1. The smallest absolute Gasteiger partial charge is 0.322 e. The van der Waals surface area contributed by atoms with Crippen LogP contribution in [0.15, 0.2) is 42.5 Å². The van der Waals surface area contributed by atoms with Crippen LogP contribution >= 0.6 is 0 Å². The van der Waals surface area contributed by atoms with Gasteiger partial charge in [-0.3, -0.25) is 19.7 Å². The molecule has 0 bridgehead atoms. The molecule has 32 heavy (non-hydrogen) atoms. The van der Waals surface area contributed by atoms with E-state index in [2.05, 4.69) is 21.3 Å². The average Bonchev–Trinajstić information content (AvgIpc) is 2.98. The number of nitrogens with one attached hydrogen (secondary N) is 4. The minimum atomic E-state index is -1.31. The van der Waals surface area contributed by atoms with Gasteiger partial charge in [-0.2, -0.15) is 0 Å². The Morgan fingerprint density at radius 1 is 1.03 bits per heavy atom. The molecule has 0 spiro atoms. The number of benzene rings is 2.